The molecule has 0 aromatic carbocycles. The van der Waals surface area contributed by atoms with Gasteiger partial charge in [0.25, 0.3) is 0 Å². The summed E-state index contributed by atoms with van der Waals surface area (Å²) in [7, 11) is 0. The zero-order chi connectivity index (χ0) is 17.8. The zero-order valence-corrected chi connectivity index (χ0v) is 15.2. The van der Waals surface area contributed by atoms with Crippen molar-refractivity contribution in [2.45, 2.75) is 77.8 Å². The molecule has 25 heavy (non-hydrogen) atoms. The maximum Gasteiger partial charge on any atom is 0.227 e. The summed E-state index contributed by atoms with van der Waals surface area (Å²) >= 11 is 0. The number of rotatable bonds is 6. The van der Waals surface area contributed by atoms with Gasteiger partial charge in [0.1, 0.15) is 5.82 Å². The van der Waals surface area contributed by atoms with Gasteiger partial charge in [0, 0.05) is 31.7 Å². The van der Waals surface area contributed by atoms with E-state index >= 15 is 0 Å². The minimum absolute atomic E-state index is 0.0530. The first-order chi connectivity index (χ1) is 12.0. The summed E-state index contributed by atoms with van der Waals surface area (Å²) in [5.74, 6) is 3.21. The van der Waals surface area contributed by atoms with E-state index in [9.17, 15) is 4.79 Å². The zero-order valence-electron chi connectivity index (χ0n) is 15.2. The van der Waals surface area contributed by atoms with Crippen LogP contribution in [0.25, 0.3) is 0 Å². The second-order valence-electron chi connectivity index (χ2n) is 6.93. The van der Waals surface area contributed by atoms with Crippen molar-refractivity contribution in [3.8, 4) is 0 Å². The first kappa shape index (κ1) is 17.6. The molecule has 1 aliphatic rings. The van der Waals surface area contributed by atoms with Crippen LogP contribution in [0.3, 0.4) is 0 Å². The van der Waals surface area contributed by atoms with E-state index in [0.29, 0.717) is 24.6 Å². The highest BCUT2D eigenvalue weighted by Gasteiger charge is 2.21. The van der Waals surface area contributed by atoms with E-state index < -0.39 is 0 Å². The number of carbonyl (C=O) groups is 1. The van der Waals surface area contributed by atoms with Gasteiger partial charge in [-0.25, -0.2) is 0 Å². The highest BCUT2D eigenvalue weighted by atomic mass is 16.5. The fourth-order valence-electron chi connectivity index (χ4n) is 3.03. The number of nitrogens with one attached hydrogen (secondary N) is 1. The number of fused-ring (bicyclic) bond motifs is 1. The van der Waals surface area contributed by atoms with Crippen molar-refractivity contribution in [1.82, 2.24) is 30.2 Å². The highest BCUT2D eigenvalue weighted by Crippen LogP contribution is 2.18. The van der Waals surface area contributed by atoms with Crippen LogP contribution >= 0.6 is 0 Å². The number of aromatic nitrogens is 5. The van der Waals surface area contributed by atoms with Crippen molar-refractivity contribution in [2.75, 3.05) is 0 Å². The number of carbonyl (C=O) groups excluding carboxylic acids is 1. The van der Waals surface area contributed by atoms with E-state index in [1.807, 2.05) is 20.8 Å². The molecule has 1 amide bonds. The number of hydrogen-bond donors (Lipinski definition) is 1. The predicted molar refractivity (Wildman–Crippen MR) is 90.8 cm³/mol. The normalized spacial score (nSPS) is 15.7. The second-order valence-corrected chi connectivity index (χ2v) is 6.93. The van der Waals surface area contributed by atoms with E-state index in [4.69, 9.17) is 4.52 Å². The molecule has 8 nitrogen and oxygen atoms in total. The van der Waals surface area contributed by atoms with Gasteiger partial charge in [0.15, 0.2) is 11.6 Å². The van der Waals surface area contributed by atoms with Crippen molar-refractivity contribution < 1.29 is 9.32 Å². The summed E-state index contributed by atoms with van der Waals surface area (Å²) in [6.45, 7) is 6.89. The Morgan fingerprint density at radius 3 is 2.84 bits per heavy atom. The molecule has 2 aromatic heterocycles. The van der Waals surface area contributed by atoms with Crippen LogP contribution in [0.2, 0.25) is 0 Å². The minimum atomic E-state index is -0.166. The molecule has 2 aromatic rings. The van der Waals surface area contributed by atoms with Crippen molar-refractivity contribution in [3.63, 3.8) is 0 Å². The Kier molecular flexibility index (Phi) is 5.45. The maximum absolute atomic E-state index is 12.2. The standard InChI is InChI=1S/C17H26N6O2/c1-11(2)16-19-15(25-22-16)9-8-14(24)18-12(3)17-21-20-13-7-5-4-6-10-23(13)17/h11-12H,4-10H2,1-3H3,(H,18,24)/t12-/m0/s1. The van der Waals surface area contributed by atoms with E-state index in [-0.39, 0.29) is 17.9 Å². The number of aryl methyl sites for hydroxylation is 2. The van der Waals surface area contributed by atoms with Crippen LogP contribution in [0, 0.1) is 0 Å². The van der Waals surface area contributed by atoms with Crippen LogP contribution in [-0.4, -0.2) is 30.8 Å². The summed E-state index contributed by atoms with van der Waals surface area (Å²) in [5, 5.41) is 15.5. The Balaban J connectivity index is 1.54. The first-order valence-electron chi connectivity index (χ1n) is 9.08. The van der Waals surface area contributed by atoms with Gasteiger partial charge in [-0.3, -0.25) is 4.79 Å². The average molecular weight is 346 g/mol. The van der Waals surface area contributed by atoms with Gasteiger partial charge in [0.2, 0.25) is 11.8 Å². The molecule has 1 N–H and O–H groups in total. The SMILES string of the molecule is CC(C)c1noc(CCC(=O)N[C@@H](C)c2nnc3n2CCCCC3)n1. The Bertz CT molecular complexity index is 721. The molecule has 8 heteroatoms. The summed E-state index contributed by atoms with van der Waals surface area (Å²) in [4.78, 5) is 16.5. The molecule has 136 valence electrons. The third kappa shape index (κ3) is 4.24. The molecule has 0 unspecified atom stereocenters. The molecule has 0 saturated carbocycles. The van der Waals surface area contributed by atoms with E-state index in [1.54, 1.807) is 0 Å². The monoisotopic (exact) mass is 346 g/mol. The Morgan fingerprint density at radius 2 is 2.08 bits per heavy atom. The van der Waals surface area contributed by atoms with Gasteiger partial charge in [-0.05, 0) is 19.8 Å². The summed E-state index contributed by atoms with van der Waals surface area (Å²) in [6, 6.07) is -0.166. The molecule has 0 aliphatic carbocycles. The van der Waals surface area contributed by atoms with Crippen LogP contribution in [0.15, 0.2) is 4.52 Å². The second kappa shape index (κ2) is 7.76. The van der Waals surface area contributed by atoms with Crippen LogP contribution in [-0.2, 0) is 24.2 Å². The van der Waals surface area contributed by atoms with Gasteiger partial charge >= 0.3 is 0 Å². The smallest absolute Gasteiger partial charge is 0.227 e. The van der Waals surface area contributed by atoms with Crippen LogP contribution < -0.4 is 5.32 Å². The third-order valence-corrected chi connectivity index (χ3v) is 4.47. The van der Waals surface area contributed by atoms with Gasteiger partial charge < -0.3 is 14.4 Å². The molecule has 0 spiro atoms. The fraction of sp³-hybridized carbons (Fsp3) is 0.706. The van der Waals surface area contributed by atoms with Crippen LogP contribution in [0.1, 0.15) is 81.8 Å². The lowest BCUT2D eigenvalue weighted by atomic mass is 10.2. The van der Waals surface area contributed by atoms with Gasteiger partial charge in [-0.2, -0.15) is 4.98 Å². The molecule has 0 radical (unpaired) electrons. The Hall–Kier alpha value is -2.25. The molecular weight excluding hydrogens is 320 g/mol. The van der Waals surface area contributed by atoms with Gasteiger partial charge in [0.05, 0.1) is 6.04 Å². The number of nitrogens with zero attached hydrogens (tertiary/aromatic N) is 5. The maximum atomic E-state index is 12.2. The Morgan fingerprint density at radius 1 is 1.24 bits per heavy atom. The largest absolute Gasteiger partial charge is 0.346 e. The van der Waals surface area contributed by atoms with E-state index in [2.05, 4.69) is 30.2 Å². The van der Waals surface area contributed by atoms with Crippen LogP contribution in [0.4, 0.5) is 0 Å². The number of amides is 1. The highest BCUT2D eigenvalue weighted by molar-refractivity contribution is 5.76. The van der Waals surface area contributed by atoms with Gasteiger partial charge in [-0.15, -0.1) is 10.2 Å². The third-order valence-electron chi connectivity index (χ3n) is 4.47. The minimum Gasteiger partial charge on any atom is -0.346 e. The van der Waals surface area contributed by atoms with Crippen molar-refractivity contribution in [1.29, 1.82) is 0 Å². The van der Waals surface area contributed by atoms with E-state index in [1.165, 1.54) is 6.42 Å². The summed E-state index contributed by atoms with van der Waals surface area (Å²) < 4.78 is 7.33. The van der Waals surface area contributed by atoms with E-state index in [0.717, 1.165) is 37.5 Å². The van der Waals surface area contributed by atoms with Crippen molar-refractivity contribution in [3.05, 3.63) is 23.4 Å². The first-order valence-corrected chi connectivity index (χ1v) is 9.08. The average Bonchev–Trinajstić information content (AvgIpc) is 3.15. The summed E-state index contributed by atoms with van der Waals surface area (Å²) in [5.41, 5.74) is 0. The predicted octanol–water partition coefficient (Wildman–Crippen LogP) is 2.32. The topological polar surface area (TPSA) is 98.7 Å². The van der Waals surface area contributed by atoms with Crippen LogP contribution in [0.5, 0.6) is 0 Å². The molecule has 1 atom stereocenters. The number of hydrogen-bond acceptors (Lipinski definition) is 6. The lowest BCUT2D eigenvalue weighted by molar-refractivity contribution is -0.121. The molecule has 0 bridgehead atoms. The lowest BCUT2D eigenvalue weighted by Gasteiger charge is -2.15. The van der Waals surface area contributed by atoms with Crippen molar-refractivity contribution >= 4 is 5.91 Å². The molecule has 3 rings (SSSR count). The molecule has 3 heterocycles. The quantitative estimate of drug-likeness (QED) is 0.862. The molecule has 1 aliphatic heterocycles. The Labute approximate surface area is 147 Å². The molecule has 0 fully saturated rings. The van der Waals surface area contributed by atoms with Crippen molar-refractivity contribution in [2.24, 2.45) is 0 Å². The molecule has 0 saturated heterocycles. The lowest BCUT2D eigenvalue weighted by Crippen LogP contribution is -2.29. The molecular formula is C17H26N6O2. The van der Waals surface area contributed by atoms with Gasteiger partial charge in [-0.1, -0.05) is 25.4 Å². The fourth-order valence-corrected chi connectivity index (χ4v) is 3.03. The summed E-state index contributed by atoms with van der Waals surface area (Å²) in [6.07, 6.45) is 5.21.